The Balaban J connectivity index is 1.43. The average molecular weight is 521 g/mol. The maximum atomic E-state index is 5.01. The number of para-hydroxylation sites is 2. The summed E-state index contributed by atoms with van der Waals surface area (Å²) < 4.78 is 1.95. The lowest BCUT2D eigenvalue weighted by molar-refractivity contribution is 0.590. The molecule has 0 radical (unpaired) electrons. The zero-order valence-corrected chi connectivity index (χ0v) is 23.1. The number of nitrogens with zero attached hydrogens (tertiary/aromatic N) is 4. The second-order valence-corrected chi connectivity index (χ2v) is 10.9. The second-order valence-electron chi connectivity index (χ2n) is 10.9. The lowest BCUT2D eigenvalue weighted by Gasteiger charge is -2.25. The third-order valence-electron chi connectivity index (χ3n) is 7.03. The summed E-state index contributed by atoms with van der Waals surface area (Å²) in [6, 6.07) is 48.2. The quantitative estimate of drug-likeness (QED) is 0.219. The molecule has 0 aliphatic heterocycles. The van der Waals surface area contributed by atoms with Gasteiger partial charge in [-0.15, -0.1) is 5.10 Å². The molecule has 40 heavy (non-hydrogen) atoms. The molecular weight excluding hydrogens is 488 g/mol. The molecule has 0 atom stereocenters. The first-order valence-corrected chi connectivity index (χ1v) is 13.6. The molecule has 0 saturated carbocycles. The normalized spacial score (nSPS) is 11.4. The molecule has 4 heteroatoms. The fourth-order valence-corrected chi connectivity index (χ4v) is 4.85. The molecule has 6 rings (SSSR count). The third-order valence-corrected chi connectivity index (χ3v) is 7.03. The summed E-state index contributed by atoms with van der Waals surface area (Å²) in [5, 5.41) is 4.98. The van der Waals surface area contributed by atoms with Crippen molar-refractivity contribution in [2.24, 2.45) is 0 Å². The Hall–Kier alpha value is -4.96. The van der Waals surface area contributed by atoms with Gasteiger partial charge in [-0.3, -0.25) is 0 Å². The molecule has 196 valence electrons. The second kappa shape index (κ2) is 10.7. The highest BCUT2D eigenvalue weighted by molar-refractivity contribution is 5.77. The van der Waals surface area contributed by atoms with Gasteiger partial charge in [-0.1, -0.05) is 112 Å². The largest absolute Gasteiger partial charge is 0.311 e. The maximum Gasteiger partial charge on any atom is 0.182 e. The van der Waals surface area contributed by atoms with E-state index in [0.717, 1.165) is 39.7 Å². The molecule has 0 bridgehead atoms. The van der Waals surface area contributed by atoms with Gasteiger partial charge in [-0.05, 0) is 59.5 Å². The van der Waals surface area contributed by atoms with Crippen LogP contribution in [0.2, 0.25) is 0 Å². The van der Waals surface area contributed by atoms with Crippen LogP contribution in [0.1, 0.15) is 26.3 Å². The molecule has 0 unspecified atom stereocenters. The average Bonchev–Trinajstić information content (AvgIpc) is 3.45. The molecule has 0 aliphatic carbocycles. The van der Waals surface area contributed by atoms with Gasteiger partial charge in [0.25, 0.3) is 0 Å². The van der Waals surface area contributed by atoms with Gasteiger partial charge in [0.1, 0.15) is 0 Å². The molecule has 4 nitrogen and oxygen atoms in total. The van der Waals surface area contributed by atoms with Gasteiger partial charge < -0.3 is 4.90 Å². The first-order chi connectivity index (χ1) is 19.5. The van der Waals surface area contributed by atoms with E-state index in [1.165, 1.54) is 5.56 Å². The summed E-state index contributed by atoms with van der Waals surface area (Å²) in [4.78, 5) is 7.27. The standard InChI is InChI=1S/C36H32N4/c1-36(2,3)29-21-19-28(20-22-29)35-37-34(27-13-7-4-8-14-27)38-40(35)33-25-23-32(24-26-33)39(30-15-9-5-10-16-30)31-17-11-6-12-18-31/h4-26H,1-3H3. The van der Waals surface area contributed by atoms with E-state index in [0.29, 0.717) is 5.82 Å². The Kier molecular flexibility index (Phi) is 6.75. The number of rotatable bonds is 6. The van der Waals surface area contributed by atoms with Gasteiger partial charge in [0.15, 0.2) is 11.6 Å². The Bertz CT molecular complexity index is 1640. The fourth-order valence-electron chi connectivity index (χ4n) is 4.85. The maximum absolute atomic E-state index is 5.01. The van der Waals surface area contributed by atoms with Crippen LogP contribution in [0.25, 0.3) is 28.5 Å². The van der Waals surface area contributed by atoms with Crippen molar-refractivity contribution in [3.8, 4) is 28.5 Å². The summed E-state index contributed by atoms with van der Waals surface area (Å²) >= 11 is 0. The van der Waals surface area contributed by atoms with E-state index in [-0.39, 0.29) is 5.41 Å². The van der Waals surface area contributed by atoms with E-state index in [1.54, 1.807) is 0 Å². The van der Waals surface area contributed by atoms with Crippen LogP contribution >= 0.6 is 0 Å². The van der Waals surface area contributed by atoms with Gasteiger partial charge in [-0.25, -0.2) is 9.67 Å². The van der Waals surface area contributed by atoms with Crippen molar-refractivity contribution in [3.05, 3.63) is 145 Å². The molecular formula is C36H32N4. The van der Waals surface area contributed by atoms with Crippen LogP contribution < -0.4 is 4.90 Å². The van der Waals surface area contributed by atoms with E-state index >= 15 is 0 Å². The van der Waals surface area contributed by atoms with Gasteiger partial charge in [-0.2, -0.15) is 0 Å². The van der Waals surface area contributed by atoms with Crippen molar-refractivity contribution in [3.63, 3.8) is 0 Å². The van der Waals surface area contributed by atoms with Crippen molar-refractivity contribution < 1.29 is 0 Å². The minimum Gasteiger partial charge on any atom is -0.311 e. The van der Waals surface area contributed by atoms with Gasteiger partial charge in [0.2, 0.25) is 0 Å². The van der Waals surface area contributed by atoms with Crippen LogP contribution in [0.3, 0.4) is 0 Å². The zero-order chi connectivity index (χ0) is 27.5. The van der Waals surface area contributed by atoms with Crippen LogP contribution in [-0.2, 0) is 5.41 Å². The molecule has 0 aliphatic rings. The summed E-state index contributed by atoms with van der Waals surface area (Å²) in [5.41, 5.74) is 7.63. The van der Waals surface area contributed by atoms with Gasteiger partial charge in [0, 0.05) is 28.2 Å². The predicted octanol–water partition coefficient (Wildman–Crippen LogP) is 9.37. The Labute approximate surface area is 236 Å². The Morgan fingerprint density at radius 2 is 1.02 bits per heavy atom. The zero-order valence-electron chi connectivity index (χ0n) is 23.1. The molecule has 6 aromatic rings. The summed E-state index contributed by atoms with van der Waals surface area (Å²) in [6.45, 7) is 6.69. The van der Waals surface area contributed by atoms with E-state index in [2.05, 4.69) is 123 Å². The van der Waals surface area contributed by atoms with Crippen LogP contribution in [0, 0.1) is 0 Å². The summed E-state index contributed by atoms with van der Waals surface area (Å²) in [5.74, 6) is 1.52. The number of hydrogen-bond donors (Lipinski definition) is 0. The predicted molar refractivity (Wildman–Crippen MR) is 166 cm³/mol. The molecule has 0 spiro atoms. The van der Waals surface area contributed by atoms with E-state index in [9.17, 15) is 0 Å². The first kappa shape index (κ1) is 25.3. The molecule has 1 heterocycles. The van der Waals surface area contributed by atoms with Crippen LogP contribution in [-0.4, -0.2) is 14.8 Å². The highest BCUT2D eigenvalue weighted by Gasteiger charge is 2.18. The van der Waals surface area contributed by atoms with E-state index in [1.807, 2.05) is 47.1 Å². The van der Waals surface area contributed by atoms with Crippen LogP contribution in [0.4, 0.5) is 17.1 Å². The molecule has 0 saturated heterocycles. The summed E-state index contributed by atoms with van der Waals surface area (Å²) in [6.07, 6.45) is 0. The molecule has 0 amide bonds. The van der Waals surface area contributed by atoms with Gasteiger partial charge >= 0.3 is 0 Å². The highest BCUT2D eigenvalue weighted by Crippen LogP contribution is 2.35. The van der Waals surface area contributed by atoms with Crippen molar-refractivity contribution >= 4 is 17.1 Å². The molecule has 5 aromatic carbocycles. The fraction of sp³-hybridized carbons (Fsp3) is 0.111. The minimum absolute atomic E-state index is 0.0839. The molecule has 0 N–H and O–H groups in total. The highest BCUT2D eigenvalue weighted by atomic mass is 15.4. The lowest BCUT2D eigenvalue weighted by atomic mass is 9.87. The SMILES string of the molecule is CC(C)(C)c1ccc(-c2nc(-c3ccccc3)nn2-c2ccc(N(c3ccccc3)c3ccccc3)cc2)cc1. The van der Waals surface area contributed by atoms with Crippen LogP contribution in [0.5, 0.6) is 0 Å². The van der Waals surface area contributed by atoms with E-state index < -0.39 is 0 Å². The van der Waals surface area contributed by atoms with Crippen molar-refractivity contribution in [2.75, 3.05) is 4.90 Å². The minimum atomic E-state index is 0.0839. The molecule has 0 fully saturated rings. The van der Waals surface area contributed by atoms with Crippen LogP contribution in [0.15, 0.2) is 140 Å². The first-order valence-electron chi connectivity index (χ1n) is 13.6. The monoisotopic (exact) mass is 520 g/mol. The number of anilines is 3. The Morgan fingerprint density at radius 3 is 1.55 bits per heavy atom. The number of aromatic nitrogens is 3. The molecule has 1 aromatic heterocycles. The van der Waals surface area contributed by atoms with Crippen molar-refractivity contribution in [1.82, 2.24) is 14.8 Å². The third kappa shape index (κ3) is 5.16. The van der Waals surface area contributed by atoms with Crippen molar-refractivity contribution in [2.45, 2.75) is 26.2 Å². The number of benzene rings is 5. The topological polar surface area (TPSA) is 34.0 Å². The van der Waals surface area contributed by atoms with Gasteiger partial charge in [0.05, 0.1) is 5.69 Å². The lowest BCUT2D eigenvalue weighted by Crippen LogP contribution is -2.10. The summed E-state index contributed by atoms with van der Waals surface area (Å²) in [7, 11) is 0. The Morgan fingerprint density at radius 1 is 0.525 bits per heavy atom. The number of hydrogen-bond acceptors (Lipinski definition) is 3. The smallest absolute Gasteiger partial charge is 0.182 e. The van der Waals surface area contributed by atoms with E-state index in [4.69, 9.17) is 10.1 Å². The van der Waals surface area contributed by atoms with Crippen molar-refractivity contribution in [1.29, 1.82) is 0 Å².